The Morgan fingerprint density at radius 1 is 1.00 bits per heavy atom. The molecule has 0 bridgehead atoms. The molecule has 0 aromatic carbocycles. The summed E-state index contributed by atoms with van der Waals surface area (Å²) in [5.74, 6) is 3.17. The third-order valence-electron chi connectivity index (χ3n) is 13.8. The lowest BCUT2D eigenvalue weighted by atomic mass is 9.33. The molecule has 0 spiro atoms. The van der Waals surface area contributed by atoms with Crippen LogP contribution in [0, 0.1) is 56.7 Å². The van der Waals surface area contributed by atoms with E-state index < -0.39 is 0 Å². The number of aliphatic hydroxyl groups is 1. The fourth-order valence-corrected chi connectivity index (χ4v) is 11.1. The van der Waals surface area contributed by atoms with Gasteiger partial charge >= 0.3 is 0 Å². The number of carbonyl (C=O) groups excluding carboxylic acids is 2. The number of ketones is 1. The van der Waals surface area contributed by atoms with Crippen LogP contribution in [0.3, 0.4) is 0 Å². The third-order valence-corrected chi connectivity index (χ3v) is 13.8. The summed E-state index contributed by atoms with van der Waals surface area (Å²) in [5.41, 5.74) is 1.55. The highest BCUT2D eigenvalue weighted by atomic mass is 16.3. The standard InChI is InChI=1S/C33H53NO3/c1-21-11-16-33(28(37)34-19-8-20-35)18-17-31(6)23(27(33)22(21)2)9-10-25-30(5)14-13-26(36)29(3,4)24(30)12-15-32(25,31)7/h9,21-22,24-25,27,35H,8,10-20H2,1-7H3,(H,34,37)/t21-,22+,24?,25?,27?,30+,31-,32-,33+/m1/s1. The number of rotatable bonds is 4. The van der Waals surface area contributed by atoms with Crippen LogP contribution in [0.25, 0.3) is 0 Å². The number of aliphatic hydroxyl groups excluding tert-OH is 1. The Morgan fingerprint density at radius 3 is 2.43 bits per heavy atom. The van der Waals surface area contributed by atoms with Crippen LogP contribution in [0.5, 0.6) is 0 Å². The lowest BCUT2D eigenvalue weighted by Gasteiger charge is -2.71. The van der Waals surface area contributed by atoms with Crippen molar-refractivity contribution in [1.82, 2.24) is 5.32 Å². The molecule has 0 aromatic rings. The molecule has 5 rings (SSSR count). The van der Waals surface area contributed by atoms with Crippen molar-refractivity contribution in [3.05, 3.63) is 11.6 Å². The Hall–Kier alpha value is -1.16. The number of Topliss-reactive ketones (excluding diaryl/α,β-unsaturated/α-hetero) is 1. The zero-order chi connectivity index (χ0) is 27.0. The van der Waals surface area contributed by atoms with Crippen LogP contribution in [-0.4, -0.2) is 29.9 Å². The molecule has 4 fully saturated rings. The van der Waals surface area contributed by atoms with Gasteiger partial charge in [-0.25, -0.2) is 0 Å². The van der Waals surface area contributed by atoms with Crippen molar-refractivity contribution in [2.75, 3.05) is 13.2 Å². The summed E-state index contributed by atoms with van der Waals surface area (Å²) in [6.45, 7) is 17.6. The first-order chi connectivity index (χ1) is 17.3. The molecule has 208 valence electrons. The molecular weight excluding hydrogens is 458 g/mol. The fraction of sp³-hybridized carbons (Fsp3) is 0.879. The second-order valence-corrected chi connectivity index (χ2v) is 15.3. The molecule has 0 heterocycles. The summed E-state index contributed by atoms with van der Waals surface area (Å²) in [7, 11) is 0. The topological polar surface area (TPSA) is 66.4 Å². The Kier molecular flexibility index (Phi) is 6.62. The molecule has 5 aliphatic rings. The van der Waals surface area contributed by atoms with E-state index in [1.165, 1.54) is 6.42 Å². The fourth-order valence-electron chi connectivity index (χ4n) is 11.1. The van der Waals surface area contributed by atoms with Crippen molar-refractivity contribution >= 4 is 11.7 Å². The highest BCUT2D eigenvalue weighted by Gasteiger charge is 2.69. The van der Waals surface area contributed by atoms with Gasteiger partial charge in [-0.3, -0.25) is 9.59 Å². The minimum Gasteiger partial charge on any atom is -0.396 e. The smallest absolute Gasteiger partial charge is 0.226 e. The van der Waals surface area contributed by atoms with Gasteiger partial charge in [-0.1, -0.05) is 60.1 Å². The van der Waals surface area contributed by atoms with Crippen LogP contribution in [-0.2, 0) is 9.59 Å². The minimum absolute atomic E-state index is 0.0976. The number of allylic oxidation sites excluding steroid dienone is 2. The van der Waals surface area contributed by atoms with E-state index >= 15 is 0 Å². The van der Waals surface area contributed by atoms with Crippen LogP contribution in [0.15, 0.2) is 11.6 Å². The molecule has 9 atom stereocenters. The number of amides is 1. The number of hydrogen-bond acceptors (Lipinski definition) is 3. The van der Waals surface area contributed by atoms with Crippen molar-refractivity contribution < 1.29 is 14.7 Å². The van der Waals surface area contributed by atoms with E-state index in [0.29, 0.717) is 48.3 Å². The average molecular weight is 512 g/mol. The third kappa shape index (κ3) is 3.55. The normalized spacial score (nSPS) is 48.6. The van der Waals surface area contributed by atoms with Crippen LogP contribution < -0.4 is 5.32 Å². The predicted octanol–water partition coefficient (Wildman–Crippen LogP) is 6.71. The summed E-state index contributed by atoms with van der Waals surface area (Å²) in [6, 6.07) is 0. The first-order valence-electron chi connectivity index (χ1n) is 15.4. The maximum Gasteiger partial charge on any atom is 0.226 e. The summed E-state index contributed by atoms with van der Waals surface area (Å²) < 4.78 is 0. The lowest BCUT2D eigenvalue weighted by molar-refractivity contribution is -0.187. The Morgan fingerprint density at radius 2 is 1.73 bits per heavy atom. The molecule has 37 heavy (non-hydrogen) atoms. The van der Waals surface area contributed by atoms with E-state index in [-0.39, 0.29) is 39.6 Å². The average Bonchev–Trinajstić information content (AvgIpc) is 2.84. The molecule has 4 nitrogen and oxygen atoms in total. The Balaban J connectivity index is 1.56. The number of hydrogen-bond donors (Lipinski definition) is 2. The van der Waals surface area contributed by atoms with E-state index in [9.17, 15) is 14.7 Å². The molecule has 4 heteroatoms. The first-order valence-corrected chi connectivity index (χ1v) is 15.4. The molecule has 3 unspecified atom stereocenters. The molecule has 2 N–H and O–H groups in total. The number of nitrogens with one attached hydrogen (secondary N) is 1. The van der Waals surface area contributed by atoms with Crippen LogP contribution >= 0.6 is 0 Å². The van der Waals surface area contributed by atoms with E-state index in [2.05, 4.69) is 59.9 Å². The van der Waals surface area contributed by atoms with E-state index in [1.54, 1.807) is 5.57 Å². The van der Waals surface area contributed by atoms with E-state index in [0.717, 1.165) is 51.4 Å². The molecule has 5 aliphatic carbocycles. The lowest BCUT2D eigenvalue weighted by Crippen LogP contribution is -2.65. The van der Waals surface area contributed by atoms with Crippen molar-refractivity contribution in [2.45, 2.75) is 113 Å². The van der Waals surface area contributed by atoms with Gasteiger partial charge < -0.3 is 10.4 Å². The van der Waals surface area contributed by atoms with Crippen molar-refractivity contribution in [3.8, 4) is 0 Å². The Labute approximate surface area is 225 Å². The second-order valence-electron chi connectivity index (χ2n) is 15.3. The molecule has 0 radical (unpaired) electrons. The maximum atomic E-state index is 13.9. The molecular formula is C33H53NO3. The van der Waals surface area contributed by atoms with E-state index in [4.69, 9.17) is 0 Å². The Bertz CT molecular complexity index is 984. The highest BCUT2D eigenvalue weighted by Crippen LogP contribution is 2.75. The first kappa shape index (κ1) is 27.4. The number of fused-ring (bicyclic) bond motifs is 7. The van der Waals surface area contributed by atoms with Gasteiger partial charge in [0.1, 0.15) is 5.78 Å². The van der Waals surface area contributed by atoms with Gasteiger partial charge in [0.2, 0.25) is 5.91 Å². The predicted molar refractivity (Wildman–Crippen MR) is 149 cm³/mol. The summed E-state index contributed by atoms with van der Waals surface area (Å²) in [5, 5.41) is 12.5. The van der Waals surface area contributed by atoms with Gasteiger partial charge in [-0.2, -0.15) is 0 Å². The van der Waals surface area contributed by atoms with E-state index in [1.807, 2.05) is 0 Å². The van der Waals surface area contributed by atoms with Gasteiger partial charge in [-0.05, 0) is 104 Å². The largest absolute Gasteiger partial charge is 0.396 e. The highest BCUT2D eigenvalue weighted by molar-refractivity contribution is 5.85. The summed E-state index contributed by atoms with van der Waals surface area (Å²) in [4.78, 5) is 26.9. The zero-order valence-corrected chi connectivity index (χ0v) is 24.7. The molecule has 1 amide bonds. The second kappa shape index (κ2) is 8.93. The van der Waals surface area contributed by atoms with Crippen molar-refractivity contribution in [2.24, 2.45) is 56.7 Å². The summed E-state index contributed by atoms with van der Waals surface area (Å²) in [6.07, 6.45) is 12.6. The van der Waals surface area contributed by atoms with Crippen LogP contribution in [0.1, 0.15) is 113 Å². The van der Waals surface area contributed by atoms with Gasteiger partial charge in [-0.15, -0.1) is 0 Å². The van der Waals surface area contributed by atoms with Gasteiger partial charge in [0, 0.05) is 25.0 Å². The molecule has 4 saturated carbocycles. The van der Waals surface area contributed by atoms with Gasteiger partial charge in [0.25, 0.3) is 0 Å². The molecule has 0 aromatic heterocycles. The quantitative estimate of drug-likeness (QED) is 0.325. The molecule has 0 saturated heterocycles. The molecule has 0 aliphatic heterocycles. The van der Waals surface area contributed by atoms with Gasteiger partial charge in [0.05, 0.1) is 5.41 Å². The van der Waals surface area contributed by atoms with Crippen molar-refractivity contribution in [3.63, 3.8) is 0 Å². The van der Waals surface area contributed by atoms with Crippen molar-refractivity contribution in [1.29, 1.82) is 0 Å². The maximum absolute atomic E-state index is 13.9. The summed E-state index contributed by atoms with van der Waals surface area (Å²) >= 11 is 0. The zero-order valence-electron chi connectivity index (χ0n) is 24.7. The van der Waals surface area contributed by atoms with Crippen LogP contribution in [0.2, 0.25) is 0 Å². The van der Waals surface area contributed by atoms with Gasteiger partial charge in [0.15, 0.2) is 0 Å². The minimum atomic E-state index is -0.309. The SMILES string of the molecule is C[C@@H]1CC[C@]2(C(=O)NCCCO)CC[C@]3(C)C(=CCC4[C@@]5(C)CCC(=O)C(C)(C)C5CC[C@]43C)C2[C@H]1C. The number of carbonyl (C=O) groups is 2. The monoisotopic (exact) mass is 511 g/mol. The van der Waals surface area contributed by atoms with Crippen LogP contribution in [0.4, 0.5) is 0 Å².